The van der Waals surface area contributed by atoms with Crippen molar-refractivity contribution in [2.75, 3.05) is 4.90 Å². The number of aryl methyl sites for hydroxylation is 3. The summed E-state index contributed by atoms with van der Waals surface area (Å²) in [5.41, 5.74) is 20.4. The van der Waals surface area contributed by atoms with Crippen LogP contribution < -0.4 is 4.90 Å². The Bertz CT molecular complexity index is 2400. The maximum Gasteiger partial charge on any atom is 0.0464 e. The molecule has 0 radical (unpaired) electrons. The lowest BCUT2D eigenvalue weighted by molar-refractivity contribution is 0.569. The van der Waals surface area contributed by atoms with Gasteiger partial charge in [-0.1, -0.05) is 182 Å². The Hall–Kier alpha value is -5.66. The predicted octanol–water partition coefficient (Wildman–Crippen LogP) is 15.9. The number of nitrogens with zero attached hydrogens (tertiary/aromatic N) is 1. The fourth-order valence-electron chi connectivity index (χ4n) is 7.76. The van der Waals surface area contributed by atoms with Gasteiger partial charge < -0.3 is 4.90 Å². The molecule has 7 aromatic rings. The first-order chi connectivity index (χ1) is 26.8. The quantitative estimate of drug-likeness (QED) is 0.143. The molecule has 0 aliphatic carbocycles. The fraction of sp³-hybridized carbons (Fsp3) is 0.236. The Morgan fingerprint density at radius 3 is 1.36 bits per heavy atom. The van der Waals surface area contributed by atoms with E-state index in [4.69, 9.17) is 0 Å². The van der Waals surface area contributed by atoms with E-state index in [2.05, 4.69) is 225 Å². The molecule has 1 nitrogen and oxygen atoms in total. The largest absolute Gasteiger partial charge is 0.310 e. The molecule has 0 fully saturated rings. The van der Waals surface area contributed by atoms with E-state index in [-0.39, 0.29) is 10.8 Å². The number of rotatable bonds is 9. The zero-order valence-electron chi connectivity index (χ0n) is 34.9. The molecule has 56 heavy (non-hydrogen) atoms. The van der Waals surface area contributed by atoms with Crippen LogP contribution in [-0.2, 0) is 23.7 Å². The first kappa shape index (κ1) is 38.6. The summed E-state index contributed by atoms with van der Waals surface area (Å²) in [7, 11) is 0. The second-order valence-corrected chi connectivity index (χ2v) is 17.4. The molecule has 0 aromatic heterocycles. The SMILES string of the molecule is CCc1ccccc1-c1ccc(N(c2ccc(-c3ccc(-c4cc(C(C)(C)C)cc(C(C)(C)C)c4)cc3)cc2)c2ccc(-c3cccc(C)c3)cc2)cc1CC. The van der Waals surface area contributed by atoms with Crippen LogP contribution in [0.4, 0.5) is 17.1 Å². The Kier molecular flexibility index (Phi) is 10.9. The van der Waals surface area contributed by atoms with Gasteiger partial charge in [-0.3, -0.25) is 0 Å². The number of hydrogen-bond donors (Lipinski definition) is 0. The maximum absolute atomic E-state index is 2.40. The molecule has 0 aliphatic heterocycles. The molecular weight excluding hydrogens is 675 g/mol. The van der Waals surface area contributed by atoms with Gasteiger partial charge in [-0.2, -0.15) is 0 Å². The van der Waals surface area contributed by atoms with Gasteiger partial charge in [0.25, 0.3) is 0 Å². The summed E-state index contributed by atoms with van der Waals surface area (Å²) in [4.78, 5) is 2.40. The zero-order chi connectivity index (χ0) is 39.6. The molecule has 0 aliphatic rings. The summed E-state index contributed by atoms with van der Waals surface area (Å²) in [5, 5.41) is 0. The molecule has 0 N–H and O–H groups in total. The lowest BCUT2D eigenvalue weighted by atomic mass is 9.79. The Morgan fingerprint density at radius 1 is 0.375 bits per heavy atom. The molecule has 0 unspecified atom stereocenters. The van der Waals surface area contributed by atoms with Gasteiger partial charge in [0.15, 0.2) is 0 Å². The highest BCUT2D eigenvalue weighted by Crippen LogP contribution is 2.40. The second-order valence-electron chi connectivity index (χ2n) is 17.4. The van der Waals surface area contributed by atoms with Crippen LogP contribution in [0.15, 0.2) is 158 Å². The standard InChI is InChI=1S/C55H57N/c1-10-39-16-12-13-18-52(39)53-32-31-51(36-40(53)11-2)56(50-29-25-43(26-30-50)45-17-14-15-38(3)33-45)49-27-23-42(24-28-49)41-19-21-44(22-20-41)46-34-47(54(4,5)6)37-48(35-46)55(7,8)9/h12-37H,10-11H2,1-9H3. The summed E-state index contributed by atoms with van der Waals surface area (Å²) in [5.74, 6) is 0. The van der Waals surface area contributed by atoms with Crippen molar-refractivity contribution < 1.29 is 0 Å². The molecule has 7 aromatic carbocycles. The summed E-state index contributed by atoms with van der Waals surface area (Å²) in [6, 6.07) is 58.9. The Balaban J connectivity index is 1.25. The monoisotopic (exact) mass is 731 g/mol. The third-order valence-electron chi connectivity index (χ3n) is 11.2. The van der Waals surface area contributed by atoms with Crippen LogP contribution in [0.2, 0.25) is 0 Å². The molecule has 1 heteroatoms. The smallest absolute Gasteiger partial charge is 0.0464 e. The van der Waals surface area contributed by atoms with Crippen molar-refractivity contribution in [2.45, 2.75) is 86.0 Å². The molecule has 0 amide bonds. The van der Waals surface area contributed by atoms with E-state index >= 15 is 0 Å². The fourth-order valence-corrected chi connectivity index (χ4v) is 7.76. The second kappa shape index (κ2) is 15.8. The van der Waals surface area contributed by atoms with E-state index in [9.17, 15) is 0 Å². The van der Waals surface area contributed by atoms with Crippen molar-refractivity contribution in [1.29, 1.82) is 0 Å². The highest BCUT2D eigenvalue weighted by molar-refractivity contribution is 5.83. The van der Waals surface area contributed by atoms with Gasteiger partial charge in [0.2, 0.25) is 0 Å². The Morgan fingerprint density at radius 2 is 0.839 bits per heavy atom. The lowest BCUT2D eigenvalue weighted by Crippen LogP contribution is -2.16. The normalized spacial score (nSPS) is 11.8. The van der Waals surface area contributed by atoms with Crippen molar-refractivity contribution in [3.05, 3.63) is 186 Å². The average molecular weight is 732 g/mol. The lowest BCUT2D eigenvalue weighted by Gasteiger charge is -2.27. The van der Waals surface area contributed by atoms with Gasteiger partial charge in [0.05, 0.1) is 0 Å². The summed E-state index contributed by atoms with van der Waals surface area (Å²) >= 11 is 0. The van der Waals surface area contributed by atoms with Gasteiger partial charge in [0, 0.05) is 17.1 Å². The van der Waals surface area contributed by atoms with Crippen LogP contribution in [0.3, 0.4) is 0 Å². The highest BCUT2D eigenvalue weighted by Gasteiger charge is 2.21. The van der Waals surface area contributed by atoms with E-state index in [0.717, 1.165) is 29.9 Å². The molecule has 0 heterocycles. The van der Waals surface area contributed by atoms with E-state index in [1.807, 2.05) is 0 Å². The first-order valence-corrected chi connectivity index (χ1v) is 20.4. The maximum atomic E-state index is 2.40. The molecule has 0 spiro atoms. The topological polar surface area (TPSA) is 3.24 Å². The van der Waals surface area contributed by atoms with Crippen LogP contribution in [0.1, 0.15) is 83.2 Å². The number of benzene rings is 7. The van der Waals surface area contributed by atoms with Crippen LogP contribution in [-0.4, -0.2) is 0 Å². The third-order valence-corrected chi connectivity index (χ3v) is 11.2. The van der Waals surface area contributed by atoms with Crippen molar-refractivity contribution >= 4 is 17.1 Å². The molecule has 0 saturated carbocycles. The van der Waals surface area contributed by atoms with E-state index in [0.29, 0.717) is 0 Å². The molecule has 0 atom stereocenters. The highest BCUT2D eigenvalue weighted by atomic mass is 15.1. The molecule has 0 saturated heterocycles. The van der Waals surface area contributed by atoms with Crippen LogP contribution in [0, 0.1) is 6.92 Å². The minimum absolute atomic E-state index is 0.0786. The molecular formula is C55H57N. The molecule has 0 bridgehead atoms. The van der Waals surface area contributed by atoms with Crippen LogP contribution in [0.5, 0.6) is 0 Å². The minimum Gasteiger partial charge on any atom is -0.310 e. The van der Waals surface area contributed by atoms with Gasteiger partial charge >= 0.3 is 0 Å². The summed E-state index contributed by atoms with van der Waals surface area (Å²) in [6.45, 7) is 20.5. The number of anilines is 3. The van der Waals surface area contributed by atoms with Gasteiger partial charge in [0.1, 0.15) is 0 Å². The van der Waals surface area contributed by atoms with E-state index in [1.54, 1.807) is 0 Å². The zero-order valence-corrected chi connectivity index (χ0v) is 34.9. The van der Waals surface area contributed by atoms with E-state index in [1.165, 1.54) is 72.3 Å². The van der Waals surface area contributed by atoms with E-state index < -0.39 is 0 Å². The number of hydrogen-bond acceptors (Lipinski definition) is 1. The van der Waals surface area contributed by atoms with Crippen molar-refractivity contribution in [1.82, 2.24) is 0 Å². The van der Waals surface area contributed by atoms with Crippen molar-refractivity contribution in [2.24, 2.45) is 0 Å². The first-order valence-electron chi connectivity index (χ1n) is 20.4. The van der Waals surface area contributed by atoms with Gasteiger partial charge in [-0.25, -0.2) is 0 Å². The minimum atomic E-state index is 0.0786. The van der Waals surface area contributed by atoms with Gasteiger partial charge in [-0.05, 0) is 134 Å². The summed E-state index contributed by atoms with van der Waals surface area (Å²) in [6.07, 6.45) is 1.96. The van der Waals surface area contributed by atoms with Crippen molar-refractivity contribution in [3.8, 4) is 44.5 Å². The summed E-state index contributed by atoms with van der Waals surface area (Å²) < 4.78 is 0. The Labute approximate surface area is 336 Å². The predicted molar refractivity (Wildman–Crippen MR) is 244 cm³/mol. The molecule has 282 valence electrons. The third kappa shape index (κ3) is 8.29. The average Bonchev–Trinajstić information content (AvgIpc) is 3.20. The van der Waals surface area contributed by atoms with Gasteiger partial charge in [-0.15, -0.1) is 0 Å². The van der Waals surface area contributed by atoms with Crippen molar-refractivity contribution in [3.63, 3.8) is 0 Å². The van der Waals surface area contributed by atoms with Crippen LogP contribution >= 0.6 is 0 Å². The molecule has 7 rings (SSSR count). The van der Waals surface area contributed by atoms with Crippen LogP contribution in [0.25, 0.3) is 44.5 Å².